The van der Waals surface area contributed by atoms with E-state index in [0.717, 1.165) is 0 Å². The van der Waals surface area contributed by atoms with Crippen molar-refractivity contribution >= 4 is 17.5 Å². The van der Waals surface area contributed by atoms with Gasteiger partial charge >= 0.3 is 6.18 Å². The Morgan fingerprint density at radius 2 is 2.13 bits per heavy atom. The number of piperidine rings is 1. The number of nitrogens with zero attached hydrogens (tertiary/aromatic N) is 1. The van der Waals surface area contributed by atoms with Crippen molar-refractivity contribution in [3.05, 3.63) is 0 Å². The van der Waals surface area contributed by atoms with Crippen LogP contribution >= 0.6 is 11.6 Å². The van der Waals surface area contributed by atoms with Gasteiger partial charge in [-0.05, 0) is 19.8 Å². The van der Waals surface area contributed by atoms with E-state index >= 15 is 0 Å². The molecule has 1 rings (SSSR count). The van der Waals surface area contributed by atoms with Crippen molar-refractivity contribution in [2.45, 2.75) is 31.3 Å². The fraction of sp³-hybridized carbons (Fsp3) is 0.889. The molecule has 1 fully saturated rings. The van der Waals surface area contributed by atoms with Gasteiger partial charge in [0.2, 0.25) is 5.91 Å². The molecule has 2 atom stereocenters. The normalized spacial score (nSPS) is 25.1. The molecule has 88 valence electrons. The number of carbonyl (C=O) groups excluding carboxylic acids is 1. The second kappa shape index (κ2) is 4.60. The zero-order valence-electron chi connectivity index (χ0n) is 8.35. The van der Waals surface area contributed by atoms with E-state index in [0.29, 0.717) is 13.0 Å². The Bertz CT molecular complexity index is 242. The summed E-state index contributed by atoms with van der Waals surface area (Å²) in [6.45, 7) is 1.60. The average molecular weight is 244 g/mol. The molecule has 0 aromatic heterocycles. The molecule has 0 aromatic rings. The van der Waals surface area contributed by atoms with Gasteiger partial charge in [0.1, 0.15) is 5.38 Å². The molecule has 0 bridgehead atoms. The van der Waals surface area contributed by atoms with Gasteiger partial charge in [-0.15, -0.1) is 11.6 Å². The standard InChI is InChI=1S/C9H13ClF3NO/c1-6(10)8(15)14-4-2-3-7(5-14)9(11,12)13/h6-7H,2-5H2,1H3. The number of carbonyl (C=O) groups is 1. The number of halogens is 4. The molecule has 2 unspecified atom stereocenters. The fourth-order valence-corrected chi connectivity index (χ4v) is 1.83. The van der Waals surface area contributed by atoms with Gasteiger partial charge < -0.3 is 4.90 Å². The topological polar surface area (TPSA) is 20.3 Å². The summed E-state index contributed by atoms with van der Waals surface area (Å²) >= 11 is 5.55. The predicted octanol–water partition coefficient (Wildman–Crippen LogP) is 2.41. The third-order valence-corrected chi connectivity index (χ3v) is 2.72. The lowest BCUT2D eigenvalue weighted by molar-refractivity contribution is -0.187. The van der Waals surface area contributed by atoms with E-state index in [1.54, 1.807) is 0 Å². The minimum absolute atomic E-state index is 0.101. The molecule has 1 saturated heterocycles. The van der Waals surface area contributed by atoms with Crippen LogP contribution in [0, 0.1) is 5.92 Å². The molecule has 1 heterocycles. The van der Waals surface area contributed by atoms with Gasteiger partial charge in [0.15, 0.2) is 0 Å². The number of hydrogen-bond acceptors (Lipinski definition) is 1. The van der Waals surface area contributed by atoms with Crippen LogP contribution in [0.15, 0.2) is 0 Å². The molecule has 6 heteroatoms. The summed E-state index contributed by atoms with van der Waals surface area (Å²) in [5, 5.41) is -0.753. The van der Waals surface area contributed by atoms with Crippen molar-refractivity contribution in [1.82, 2.24) is 4.90 Å². The van der Waals surface area contributed by atoms with E-state index in [9.17, 15) is 18.0 Å². The number of alkyl halides is 4. The molecule has 0 radical (unpaired) electrons. The first-order chi connectivity index (χ1) is 6.82. The summed E-state index contributed by atoms with van der Waals surface area (Å²) in [6.07, 6.45) is -3.72. The Hall–Kier alpha value is -0.450. The summed E-state index contributed by atoms with van der Waals surface area (Å²) in [4.78, 5) is 12.6. The van der Waals surface area contributed by atoms with Crippen LogP contribution in [0.4, 0.5) is 13.2 Å². The van der Waals surface area contributed by atoms with Crippen LogP contribution in [-0.4, -0.2) is 35.4 Å². The maximum absolute atomic E-state index is 12.4. The summed E-state index contributed by atoms with van der Waals surface area (Å²) in [5.74, 6) is -1.81. The number of rotatable bonds is 1. The van der Waals surface area contributed by atoms with E-state index in [-0.39, 0.29) is 13.0 Å². The van der Waals surface area contributed by atoms with Gasteiger partial charge in [0, 0.05) is 13.1 Å². The van der Waals surface area contributed by atoms with E-state index in [2.05, 4.69) is 0 Å². The molecule has 0 aliphatic carbocycles. The Kier molecular flexibility index (Phi) is 3.87. The van der Waals surface area contributed by atoms with Gasteiger partial charge in [0.05, 0.1) is 5.92 Å². The second-order valence-corrected chi connectivity index (χ2v) is 4.44. The lowest BCUT2D eigenvalue weighted by Gasteiger charge is -2.34. The first-order valence-corrected chi connectivity index (χ1v) is 5.25. The molecule has 0 spiro atoms. The first kappa shape index (κ1) is 12.6. The van der Waals surface area contributed by atoms with Crippen molar-refractivity contribution < 1.29 is 18.0 Å². The van der Waals surface area contributed by atoms with Crippen LogP contribution in [0.25, 0.3) is 0 Å². The minimum atomic E-state index is -4.21. The van der Waals surface area contributed by atoms with Gasteiger partial charge in [-0.25, -0.2) is 0 Å². The molecular weight excluding hydrogens is 231 g/mol. The third kappa shape index (κ3) is 3.26. The fourth-order valence-electron chi connectivity index (χ4n) is 1.70. The maximum Gasteiger partial charge on any atom is 0.393 e. The molecule has 1 amide bonds. The van der Waals surface area contributed by atoms with Crippen molar-refractivity contribution in [3.63, 3.8) is 0 Å². The van der Waals surface area contributed by atoms with Crippen LogP contribution in [0.3, 0.4) is 0 Å². The Balaban J connectivity index is 2.60. The number of hydrogen-bond donors (Lipinski definition) is 0. The van der Waals surface area contributed by atoms with Gasteiger partial charge in [-0.3, -0.25) is 4.79 Å². The largest absolute Gasteiger partial charge is 0.393 e. The van der Waals surface area contributed by atoms with E-state index < -0.39 is 23.4 Å². The Labute approximate surface area is 91.4 Å². The predicted molar refractivity (Wildman–Crippen MR) is 50.7 cm³/mol. The van der Waals surface area contributed by atoms with Gasteiger partial charge in [-0.1, -0.05) is 0 Å². The molecule has 15 heavy (non-hydrogen) atoms. The van der Waals surface area contributed by atoms with Crippen molar-refractivity contribution in [2.75, 3.05) is 13.1 Å². The summed E-state index contributed by atoms with van der Waals surface area (Å²) < 4.78 is 37.2. The first-order valence-electron chi connectivity index (χ1n) is 4.82. The monoisotopic (exact) mass is 243 g/mol. The number of amides is 1. The van der Waals surface area contributed by atoms with Crippen molar-refractivity contribution in [1.29, 1.82) is 0 Å². The highest BCUT2D eigenvalue weighted by molar-refractivity contribution is 6.30. The van der Waals surface area contributed by atoms with Gasteiger partial charge in [-0.2, -0.15) is 13.2 Å². The van der Waals surface area contributed by atoms with E-state index in [1.165, 1.54) is 11.8 Å². The van der Waals surface area contributed by atoms with Crippen LogP contribution < -0.4 is 0 Å². The highest BCUT2D eigenvalue weighted by atomic mass is 35.5. The van der Waals surface area contributed by atoms with E-state index in [1.807, 2.05) is 0 Å². The summed E-state index contributed by atoms with van der Waals surface area (Å²) in [5.41, 5.74) is 0. The number of likely N-dealkylation sites (tertiary alicyclic amines) is 1. The SMILES string of the molecule is CC(Cl)C(=O)N1CCCC(C(F)(F)F)C1. The molecular formula is C9H13ClF3NO. The minimum Gasteiger partial charge on any atom is -0.341 e. The second-order valence-electron chi connectivity index (χ2n) is 3.78. The maximum atomic E-state index is 12.4. The lowest BCUT2D eigenvalue weighted by Crippen LogP contribution is -2.46. The van der Waals surface area contributed by atoms with Crippen LogP contribution in [0.1, 0.15) is 19.8 Å². The molecule has 2 nitrogen and oxygen atoms in total. The molecule has 1 aliphatic heterocycles. The van der Waals surface area contributed by atoms with Crippen LogP contribution in [0.5, 0.6) is 0 Å². The average Bonchev–Trinajstić information content (AvgIpc) is 2.15. The highest BCUT2D eigenvalue weighted by Gasteiger charge is 2.42. The molecule has 0 aromatic carbocycles. The molecule has 1 aliphatic rings. The molecule has 0 N–H and O–H groups in total. The summed E-state index contributed by atoms with van der Waals surface area (Å²) in [6, 6.07) is 0. The zero-order valence-corrected chi connectivity index (χ0v) is 9.11. The highest BCUT2D eigenvalue weighted by Crippen LogP contribution is 2.33. The lowest BCUT2D eigenvalue weighted by atomic mass is 9.97. The van der Waals surface area contributed by atoms with Crippen molar-refractivity contribution in [2.24, 2.45) is 5.92 Å². The van der Waals surface area contributed by atoms with Crippen LogP contribution in [0.2, 0.25) is 0 Å². The Morgan fingerprint density at radius 1 is 1.53 bits per heavy atom. The summed E-state index contributed by atoms with van der Waals surface area (Å²) in [7, 11) is 0. The quantitative estimate of drug-likeness (QED) is 0.648. The smallest absolute Gasteiger partial charge is 0.341 e. The van der Waals surface area contributed by atoms with Crippen LogP contribution in [-0.2, 0) is 4.79 Å². The third-order valence-electron chi connectivity index (χ3n) is 2.54. The van der Waals surface area contributed by atoms with E-state index in [4.69, 9.17) is 11.6 Å². The Morgan fingerprint density at radius 3 is 2.60 bits per heavy atom. The molecule has 0 saturated carbocycles. The van der Waals surface area contributed by atoms with Crippen molar-refractivity contribution in [3.8, 4) is 0 Å². The van der Waals surface area contributed by atoms with Gasteiger partial charge in [0.25, 0.3) is 0 Å². The zero-order chi connectivity index (χ0) is 11.6.